The van der Waals surface area contributed by atoms with Crippen LogP contribution in [0.2, 0.25) is 0 Å². The minimum Gasteiger partial charge on any atom is -0.489 e. The van der Waals surface area contributed by atoms with Gasteiger partial charge in [0.1, 0.15) is 16.7 Å². The van der Waals surface area contributed by atoms with Crippen LogP contribution in [0.3, 0.4) is 0 Å². The van der Waals surface area contributed by atoms with Crippen molar-refractivity contribution in [2.75, 3.05) is 13.2 Å². The highest BCUT2D eigenvalue weighted by atomic mass is 32.2. The summed E-state index contributed by atoms with van der Waals surface area (Å²) in [6.45, 7) is 4.30. The highest BCUT2D eigenvalue weighted by Gasteiger charge is 2.31. The summed E-state index contributed by atoms with van der Waals surface area (Å²) < 4.78 is 6.03. The van der Waals surface area contributed by atoms with E-state index in [2.05, 4.69) is 6.58 Å². The van der Waals surface area contributed by atoms with E-state index in [0.717, 1.165) is 5.56 Å². The van der Waals surface area contributed by atoms with Gasteiger partial charge in [-0.3, -0.25) is 14.5 Å². The Kier molecular flexibility index (Phi) is 6.57. The first kappa shape index (κ1) is 18.2. The van der Waals surface area contributed by atoms with Gasteiger partial charge in [0, 0.05) is 18.5 Å². The first-order valence-corrected chi connectivity index (χ1v) is 8.55. The van der Waals surface area contributed by atoms with Crippen LogP contribution in [0.4, 0.5) is 0 Å². The fourth-order valence-electron chi connectivity index (χ4n) is 2.10. The van der Waals surface area contributed by atoms with Crippen molar-refractivity contribution >= 4 is 46.3 Å². The third-order valence-electron chi connectivity index (χ3n) is 3.21. The molecule has 1 aliphatic rings. The lowest BCUT2D eigenvalue weighted by atomic mass is 10.2. The van der Waals surface area contributed by atoms with Crippen LogP contribution in [0.25, 0.3) is 6.08 Å². The topological polar surface area (TPSA) is 66.8 Å². The largest absolute Gasteiger partial charge is 0.489 e. The standard InChI is InChI=1S/C17H17NO4S2/c1-2-10-22-13-7-4-3-6-12(13)11-14-16(21)18(17(23)24-14)9-5-8-15(19)20/h2-4,6-7,11H,1,5,8-10H2,(H,19,20)/b14-11-. The van der Waals surface area contributed by atoms with E-state index in [1.807, 2.05) is 24.3 Å². The van der Waals surface area contributed by atoms with Gasteiger partial charge in [-0.05, 0) is 18.6 Å². The fraction of sp³-hybridized carbons (Fsp3) is 0.235. The molecular weight excluding hydrogens is 346 g/mol. The van der Waals surface area contributed by atoms with Gasteiger partial charge in [0.05, 0.1) is 4.91 Å². The molecule has 0 bridgehead atoms. The summed E-state index contributed by atoms with van der Waals surface area (Å²) in [5.41, 5.74) is 0.783. The Morgan fingerprint density at radius 3 is 2.88 bits per heavy atom. The maximum absolute atomic E-state index is 12.5. The Bertz CT molecular complexity index is 700. The second-order valence-electron chi connectivity index (χ2n) is 4.97. The van der Waals surface area contributed by atoms with E-state index < -0.39 is 5.97 Å². The quantitative estimate of drug-likeness (QED) is 0.434. The Hall–Kier alpha value is -2.12. The highest BCUT2D eigenvalue weighted by molar-refractivity contribution is 8.26. The van der Waals surface area contributed by atoms with Gasteiger partial charge in [-0.15, -0.1) is 0 Å². The van der Waals surface area contributed by atoms with Crippen LogP contribution in [-0.2, 0) is 9.59 Å². The molecule has 0 aliphatic carbocycles. The zero-order valence-electron chi connectivity index (χ0n) is 12.9. The minimum absolute atomic E-state index is 0.00827. The van der Waals surface area contributed by atoms with Gasteiger partial charge < -0.3 is 9.84 Å². The molecule has 5 nitrogen and oxygen atoms in total. The number of amides is 1. The predicted octanol–water partition coefficient (Wildman–Crippen LogP) is 3.32. The fourth-order valence-corrected chi connectivity index (χ4v) is 3.40. The average molecular weight is 363 g/mol. The molecule has 1 aliphatic heterocycles. The summed E-state index contributed by atoms with van der Waals surface area (Å²) in [4.78, 5) is 25.0. The van der Waals surface area contributed by atoms with Crippen LogP contribution in [0.1, 0.15) is 18.4 Å². The van der Waals surface area contributed by atoms with Crippen molar-refractivity contribution in [1.29, 1.82) is 0 Å². The van der Waals surface area contributed by atoms with Gasteiger partial charge >= 0.3 is 5.97 Å². The minimum atomic E-state index is -0.885. The Labute approximate surface area is 150 Å². The van der Waals surface area contributed by atoms with E-state index >= 15 is 0 Å². The van der Waals surface area contributed by atoms with Gasteiger partial charge in [-0.1, -0.05) is 54.8 Å². The Balaban J connectivity index is 2.13. The molecule has 1 N–H and O–H groups in total. The lowest BCUT2D eigenvalue weighted by molar-refractivity contribution is -0.137. The lowest BCUT2D eigenvalue weighted by Gasteiger charge is -2.13. The molecule has 1 aromatic carbocycles. The molecule has 0 saturated carbocycles. The molecule has 1 heterocycles. The molecule has 0 atom stereocenters. The summed E-state index contributed by atoms with van der Waals surface area (Å²) in [6, 6.07) is 7.39. The number of hydrogen-bond donors (Lipinski definition) is 1. The summed E-state index contributed by atoms with van der Waals surface area (Å²) in [7, 11) is 0. The number of hydrogen-bond acceptors (Lipinski definition) is 5. The molecular formula is C17H17NO4S2. The van der Waals surface area contributed by atoms with Gasteiger partial charge in [0.15, 0.2) is 0 Å². The maximum Gasteiger partial charge on any atom is 0.303 e. The number of rotatable bonds is 8. The summed E-state index contributed by atoms with van der Waals surface area (Å²) in [5.74, 6) is -0.424. The van der Waals surface area contributed by atoms with Crippen molar-refractivity contribution in [2.45, 2.75) is 12.8 Å². The van der Waals surface area contributed by atoms with Crippen LogP contribution in [-0.4, -0.2) is 39.4 Å². The Morgan fingerprint density at radius 1 is 1.42 bits per heavy atom. The van der Waals surface area contributed by atoms with E-state index in [9.17, 15) is 9.59 Å². The zero-order chi connectivity index (χ0) is 17.5. The van der Waals surface area contributed by atoms with Crippen LogP contribution in [0.15, 0.2) is 41.8 Å². The SMILES string of the molecule is C=CCOc1ccccc1/C=C1\SC(=S)N(CCCC(=O)O)C1=O. The van der Waals surface area contributed by atoms with Crippen molar-refractivity contribution in [1.82, 2.24) is 4.90 Å². The number of thiocarbonyl (C=S) groups is 1. The molecule has 0 radical (unpaired) electrons. The number of carboxylic acid groups (broad SMARTS) is 1. The third-order valence-corrected chi connectivity index (χ3v) is 4.59. The number of thioether (sulfide) groups is 1. The second kappa shape index (κ2) is 8.65. The first-order chi connectivity index (χ1) is 11.5. The molecule has 7 heteroatoms. The summed E-state index contributed by atoms with van der Waals surface area (Å²) in [6.07, 6.45) is 3.77. The molecule has 0 spiro atoms. The predicted molar refractivity (Wildman–Crippen MR) is 98.9 cm³/mol. The molecule has 126 valence electrons. The molecule has 1 fully saturated rings. The monoisotopic (exact) mass is 363 g/mol. The number of aliphatic carboxylic acids is 1. The summed E-state index contributed by atoms with van der Waals surface area (Å²) >= 11 is 6.44. The van der Waals surface area contributed by atoms with Crippen molar-refractivity contribution in [3.8, 4) is 5.75 Å². The molecule has 0 aromatic heterocycles. The highest BCUT2D eigenvalue weighted by Crippen LogP contribution is 2.34. The van der Waals surface area contributed by atoms with Crippen LogP contribution in [0.5, 0.6) is 5.75 Å². The number of carbonyl (C=O) groups is 2. The van der Waals surface area contributed by atoms with Crippen LogP contribution < -0.4 is 4.74 Å². The van der Waals surface area contributed by atoms with E-state index in [0.29, 0.717) is 34.5 Å². The van der Waals surface area contributed by atoms with E-state index in [1.165, 1.54) is 16.7 Å². The van der Waals surface area contributed by atoms with E-state index in [4.69, 9.17) is 22.1 Å². The van der Waals surface area contributed by atoms with Crippen molar-refractivity contribution < 1.29 is 19.4 Å². The normalized spacial score (nSPS) is 15.8. The molecule has 1 amide bonds. The first-order valence-electron chi connectivity index (χ1n) is 7.33. The lowest BCUT2D eigenvalue weighted by Crippen LogP contribution is -2.29. The number of carbonyl (C=O) groups excluding carboxylic acids is 1. The molecule has 1 aromatic rings. The Morgan fingerprint density at radius 2 is 2.17 bits per heavy atom. The van der Waals surface area contributed by atoms with Crippen molar-refractivity contribution in [3.05, 3.63) is 47.4 Å². The van der Waals surface area contributed by atoms with E-state index in [1.54, 1.807) is 12.2 Å². The van der Waals surface area contributed by atoms with Crippen molar-refractivity contribution in [2.24, 2.45) is 0 Å². The molecule has 24 heavy (non-hydrogen) atoms. The van der Waals surface area contributed by atoms with Gasteiger partial charge in [-0.25, -0.2) is 0 Å². The number of carboxylic acids is 1. The molecule has 1 saturated heterocycles. The average Bonchev–Trinajstić information content (AvgIpc) is 2.81. The molecule has 0 unspecified atom stereocenters. The smallest absolute Gasteiger partial charge is 0.303 e. The zero-order valence-corrected chi connectivity index (χ0v) is 14.6. The number of para-hydroxylation sites is 1. The van der Waals surface area contributed by atoms with Gasteiger partial charge in [0.25, 0.3) is 5.91 Å². The van der Waals surface area contributed by atoms with Crippen molar-refractivity contribution in [3.63, 3.8) is 0 Å². The molecule has 2 rings (SSSR count). The maximum atomic E-state index is 12.5. The third kappa shape index (κ3) is 4.69. The van der Waals surface area contributed by atoms with Crippen LogP contribution >= 0.6 is 24.0 Å². The summed E-state index contributed by atoms with van der Waals surface area (Å²) in [5, 5.41) is 8.69. The second-order valence-corrected chi connectivity index (χ2v) is 6.64. The van der Waals surface area contributed by atoms with Gasteiger partial charge in [-0.2, -0.15) is 0 Å². The number of nitrogens with zero attached hydrogens (tertiary/aromatic N) is 1. The van der Waals surface area contributed by atoms with Crippen LogP contribution in [0, 0.1) is 0 Å². The number of ether oxygens (including phenoxy) is 1. The number of benzene rings is 1. The van der Waals surface area contributed by atoms with Gasteiger partial charge in [0.2, 0.25) is 0 Å². The van der Waals surface area contributed by atoms with E-state index in [-0.39, 0.29) is 12.3 Å².